The summed E-state index contributed by atoms with van der Waals surface area (Å²) in [7, 11) is 0. The third-order valence-corrected chi connectivity index (χ3v) is 5.18. The van der Waals surface area contributed by atoms with E-state index in [1.54, 1.807) is 0 Å². The lowest BCUT2D eigenvalue weighted by molar-refractivity contribution is -0.133. The number of nitrogens with one attached hydrogen (secondary N) is 1. The van der Waals surface area contributed by atoms with Crippen molar-refractivity contribution in [3.05, 3.63) is 0 Å². The second-order valence-electron chi connectivity index (χ2n) is 6.40. The monoisotopic (exact) mass is 255 g/mol. The van der Waals surface area contributed by atoms with Crippen LogP contribution in [0.4, 0.5) is 0 Å². The zero-order valence-electron chi connectivity index (χ0n) is 12.2. The minimum atomic E-state index is -0.573. The van der Waals surface area contributed by atoms with E-state index in [0.29, 0.717) is 24.1 Å². The molecule has 0 amide bonds. The van der Waals surface area contributed by atoms with Gasteiger partial charge in [0.05, 0.1) is 11.7 Å². The molecule has 0 aromatic carbocycles. The molecule has 106 valence electrons. The van der Waals surface area contributed by atoms with E-state index < -0.39 is 5.60 Å². The summed E-state index contributed by atoms with van der Waals surface area (Å²) in [5, 5.41) is 13.7. The average Bonchev–Trinajstić information content (AvgIpc) is 2.85. The standard InChI is InChI=1S/C15H29NO2/c1-4-14(3,17)11-16-12-10-13(18-5-2)15(12)8-6-7-9-15/h12-13,16-17H,4-11H2,1-3H3. The van der Waals surface area contributed by atoms with Gasteiger partial charge in [0.1, 0.15) is 0 Å². The lowest BCUT2D eigenvalue weighted by Crippen LogP contribution is -2.64. The summed E-state index contributed by atoms with van der Waals surface area (Å²) >= 11 is 0. The first-order valence-corrected chi connectivity index (χ1v) is 7.61. The number of hydrogen-bond acceptors (Lipinski definition) is 3. The van der Waals surface area contributed by atoms with Crippen LogP contribution in [-0.4, -0.2) is 36.0 Å². The van der Waals surface area contributed by atoms with E-state index in [1.165, 1.54) is 25.7 Å². The van der Waals surface area contributed by atoms with Crippen LogP contribution in [0.2, 0.25) is 0 Å². The molecule has 2 saturated carbocycles. The zero-order valence-corrected chi connectivity index (χ0v) is 12.2. The van der Waals surface area contributed by atoms with Crippen molar-refractivity contribution in [1.29, 1.82) is 0 Å². The lowest BCUT2D eigenvalue weighted by Gasteiger charge is -2.54. The predicted octanol–water partition coefficient (Wildman–Crippen LogP) is 2.47. The Balaban J connectivity index is 1.90. The van der Waals surface area contributed by atoms with Gasteiger partial charge >= 0.3 is 0 Å². The van der Waals surface area contributed by atoms with Crippen LogP contribution in [0.3, 0.4) is 0 Å². The van der Waals surface area contributed by atoms with Gasteiger partial charge < -0.3 is 15.2 Å². The van der Waals surface area contributed by atoms with Gasteiger partial charge in [0.15, 0.2) is 0 Å². The molecular formula is C15H29NO2. The third-order valence-electron chi connectivity index (χ3n) is 5.18. The van der Waals surface area contributed by atoms with Gasteiger partial charge in [-0.05, 0) is 39.5 Å². The van der Waals surface area contributed by atoms with E-state index in [0.717, 1.165) is 19.4 Å². The summed E-state index contributed by atoms with van der Waals surface area (Å²) in [5.74, 6) is 0. The van der Waals surface area contributed by atoms with Gasteiger partial charge in [0.25, 0.3) is 0 Å². The Labute approximate surface area is 111 Å². The molecule has 0 saturated heterocycles. The molecule has 2 aliphatic rings. The van der Waals surface area contributed by atoms with Gasteiger partial charge in [-0.25, -0.2) is 0 Å². The van der Waals surface area contributed by atoms with E-state index in [4.69, 9.17) is 4.74 Å². The van der Waals surface area contributed by atoms with Gasteiger partial charge in [-0.1, -0.05) is 19.8 Å². The molecule has 18 heavy (non-hydrogen) atoms. The molecule has 3 unspecified atom stereocenters. The molecule has 2 N–H and O–H groups in total. The van der Waals surface area contributed by atoms with E-state index in [9.17, 15) is 5.11 Å². The molecule has 2 aliphatic carbocycles. The second-order valence-corrected chi connectivity index (χ2v) is 6.40. The first-order valence-electron chi connectivity index (χ1n) is 7.61. The molecule has 3 heteroatoms. The summed E-state index contributed by atoms with van der Waals surface area (Å²) in [6.07, 6.45) is 7.64. The Morgan fingerprint density at radius 2 is 2.00 bits per heavy atom. The van der Waals surface area contributed by atoms with Crippen molar-refractivity contribution in [1.82, 2.24) is 5.32 Å². The Morgan fingerprint density at radius 3 is 2.56 bits per heavy atom. The molecule has 2 fully saturated rings. The minimum absolute atomic E-state index is 0.375. The highest BCUT2D eigenvalue weighted by Gasteiger charge is 2.56. The van der Waals surface area contributed by atoms with E-state index in [2.05, 4.69) is 12.2 Å². The summed E-state index contributed by atoms with van der Waals surface area (Å²) in [4.78, 5) is 0. The number of aliphatic hydroxyl groups is 1. The van der Waals surface area contributed by atoms with Crippen molar-refractivity contribution in [2.24, 2.45) is 5.41 Å². The fraction of sp³-hybridized carbons (Fsp3) is 1.00. The van der Waals surface area contributed by atoms with Gasteiger partial charge in [-0.3, -0.25) is 0 Å². The molecule has 3 atom stereocenters. The zero-order chi connectivity index (χ0) is 13.2. The molecular weight excluding hydrogens is 226 g/mol. The predicted molar refractivity (Wildman–Crippen MR) is 73.6 cm³/mol. The van der Waals surface area contributed by atoms with Crippen LogP contribution in [0.25, 0.3) is 0 Å². The molecule has 3 nitrogen and oxygen atoms in total. The Bertz CT molecular complexity index is 272. The fourth-order valence-corrected chi connectivity index (χ4v) is 3.64. The number of rotatable bonds is 6. The highest BCUT2D eigenvalue weighted by molar-refractivity contribution is 5.10. The molecule has 0 heterocycles. The maximum Gasteiger partial charge on any atom is 0.0741 e. The summed E-state index contributed by atoms with van der Waals surface area (Å²) in [6.45, 7) is 7.57. The van der Waals surface area contributed by atoms with Crippen molar-refractivity contribution in [2.75, 3.05) is 13.2 Å². The van der Waals surface area contributed by atoms with Crippen LogP contribution >= 0.6 is 0 Å². The van der Waals surface area contributed by atoms with Crippen LogP contribution < -0.4 is 5.32 Å². The van der Waals surface area contributed by atoms with Crippen molar-refractivity contribution in [3.63, 3.8) is 0 Å². The van der Waals surface area contributed by atoms with Crippen LogP contribution in [0, 0.1) is 5.41 Å². The number of hydrogen-bond donors (Lipinski definition) is 2. The molecule has 1 spiro atoms. The van der Waals surface area contributed by atoms with Crippen molar-refractivity contribution in [3.8, 4) is 0 Å². The number of ether oxygens (including phenoxy) is 1. The van der Waals surface area contributed by atoms with E-state index in [1.807, 2.05) is 13.8 Å². The SMILES string of the molecule is CCOC1CC(NCC(C)(O)CC)C12CCCC2. The summed E-state index contributed by atoms with van der Waals surface area (Å²) in [6, 6.07) is 0.551. The van der Waals surface area contributed by atoms with Crippen molar-refractivity contribution >= 4 is 0 Å². The van der Waals surface area contributed by atoms with Gasteiger partial charge in [-0.2, -0.15) is 0 Å². The first-order chi connectivity index (χ1) is 8.54. The average molecular weight is 255 g/mol. The first kappa shape index (κ1) is 14.3. The molecule has 0 aliphatic heterocycles. The summed E-state index contributed by atoms with van der Waals surface area (Å²) in [5.41, 5.74) is -0.198. The third kappa shape index (κ3) is 2.59. The van der Waals surface area contributed by atoms with E-state index >= 15 is 0 Å². The van der Waals surface area contributed by atoms with Crippen LogP contribution in [-0.2, 0) is 4.74 Å². The summed E-state index contributed by atoms with van der Waals surface area (Å²) < 4.78 is 5.90. The largest absolute Gasteiger partial charge is 0.389 e. The highest BCUT2D eigenvalue weighted by Crippen LogP contribution is 2.54. The normalized spacial score (nSPS) is 33.3. The lowest BCUT2D eigenvalue weighted by atomic mass is 9.60. The van der Waals surface area contributed by atoms with E-state index in [-0.39, 0.29) is 0 Å². The molecule has 0 bridgehead atoms. The molecule has 0 radical (unpaired) electrons. The van der Waals surface area contributed by atoms with Crippen molar-refractivity contribution < 1.29 is 9.84 Å². The van der Waals surface area contributed by atoms with Crippen LogP contribution in [0.15, 0.2) is 0 Å². The van der Waals surface area contributed by atoms with Crippen molar-refractivity contribution in [2.45, 2.75) is 77.0 Å². The second kappa shape index (κ2) is 5.48. The topological polar surface area (TPSA) is 41.5 Å². The smallest absolute Gasteiger partial charge is 0.0741 e. The Kier molecular flexibility index (Phi) is 4.35. The molecule has 0 aromatic heterocycles. The highest BCUT2D eigenvalue weighted by atomic mass is 16.5. The molecule has 2 rings (SSSR count). The maximum atomic E-state index is 10.1. The fourth-order valence-electron chi connectivity index (χ4n) is 3.64. The quantitative estimate of drug-likeness (QED) is 0.766. The maximum absolute atomic E-state index is 10.1. The minimum Gasteiger partial charge on any atom is -0.389 e. The van der Waals surface area contributed by atoms with Gasteiger partial charge in [0, 0.05) is 24.6 Å². The van der Waals surface area contributed by atoms with Crippen LogP contribution in [0.1, 0.15) is 59.3 Å². The Hall–Kier alpha value is -0.120. The Morgan fingerprint density at radius 1 is 1.33 bits per heavy atom. The van der Waals surface area contributed by atoms with Gasteiger partial charge in [-0.15, -0.1) is 0 Å². The van der Waals surface area contributed by atoms with Crippen LogP contribution in [0.5, 0.6) is 0 Å². The van der Waals surface area contributed by atoms with Gasteiger partial charge in [0.2, 0.25) is 0 Å². The molecule has 0 aromatic rings.